The van der Waals surface area contributed by atoms with E-state index in [9.17, 15) is 9.90 Å². The fourth-order valence-corrected chi connectivity index (χ4v) is 0.845. The molecule has 0 spiro atoms. The number of likely N-dealkylation sites (N-methyl/N-ethyl adjacent to an activating group) is 1. The molecule has 0 aromatic rings. The second-order valence-electron chi connectivity index (χ2n) is 2.20. The van der Waals surface area contributed by atoms with Gasteiger partial charge >= 0.3 is 29.6 Å². The van der Waals surface area contributed by atoms with Crippen LogP contribution in [0.5, 0.6) is 0 Å². The van der Waals surface area contributed by atoms with Crippen LogP contribution in [0.25, 0.3) is 0 Å². The van der Waals surface area contributed by atoms with Crippen molar-refractivity contribution in [3.05, 3.63) is 11.8 Å². The van der Waals surface area contributed by atoms with Gasteiger partial charge in [0.15, 0.2) is 0 Å². The number of rotatable bonds is 1. The molecule has 5 nitrogen and oxygen atoms in total. The molecule has 0 atom stereocenters. The van der Waals surface area contributed by atoms with E-state index in [0.717, 1.165) is 5.01 Å². The predicted molar refractivity (Wildman–Crippen MR) is 39.9 cm³/mol. The van der Waals surface area contributed by atoms with Gasteiger partial charge in [0, 0.05) is 7.05 Å². The predicted octanol–water partition coefficient (Wildman–Crippen LogP) is -3.94. The molecule has 1 amide bonds. The number of amides is 1. The Morgan fingerprint density at radius 2 is 2.31 bits per heavy atom. The van der Waals surface area contributed by atoms with Crippen molar-refractivity contribution in [2.75, 3.05) is 13.7 Å². The van der Waals surface area contributed by atoms with E-state index in [1.807, 2.05) is 0 Å². The van der Waals surface area contributed by atoms with E-state index < -0.39 is 5.91 Å². The van der Waals surface area contributed by atoms with Gasteiger partial charge in [-0.15, -0.1) is 11.4 Å². The summed E-state index contributed by atoms with van der Waals surface area (Å²) in [6.07, 6.45) is 0.459. The zero-order valence-electron chi connectivity index (χ0n) is 7.90. The van der Waals surface area contributed by atoms with Crippen molar-refractivity contribution in [3.8, 4) is 0 Å². The summed E-state index contributed by atoms with van der Waals surface area (Å²) in [5.41, 5.74) is -0.0145. The van der Waals surface area contributed by atoms with Crippen LogP contribution in [0.15, 0.2) is 16.9 Å². The SMILES string of the molecule is CCOC1=NN(C)C(=O)/C1=C\[O-].[Na+]. The van der Waals surface area contributed by atoms with E-state index >= 15 is 0 Å². The van der Waals surface area contributed by atoms with Crippen LogP contribution in [0.2, 0.25) is 0 Å². The van der Waals surface area contributed by atoms with Gasteiger partial charge in [0.1, 0.15) is 0 Å². The fraction of sp³-hybridized carbons (Fsp3) is 0.429. The molecule has 0 saturated heterocycles. The average Bonchev–Trinajstić information content (AvgIpc) is 2.29. The second-order valence-corrected chi connectivity index (χ2v) is 2.20. The molecule has 0 fully saturated rings. The minimum Gasteiger partial charge on any atom is -0.877 e. The van der Waals surface area contributed by atoms with E-state index in [-0.39, 0.29) is 41.0 Å². The molecule has 1 rings (SSSR count). The molecule has 0 aliphatic carbocycles. The Kier molecular flexibility index (Phi) is 5.05. The molecule has 66 valence electrons. The summed E-state index contributed by atoms with van der Waals surface area (Å²) in [5, 5.41) is 15.2. The number of hydrogen-bond acceptors (Lipinski definition) is 4. The Hall–Kier alpha value is -0.520. The number of hydrogen-bond donors (Lipinski definition) is 0. The van der Waals surface area contributed by atoms with Crippen LogP contribution >= 0.6 is 0 Å². The second kappa shape index (κ2) is 5.26. The maximum atomic E-state index is 11.1. The molecule has 0 N–H and O–H groups in total. The number of hydrazone groups is 1. The van der Waals surface area contributed by atoms with E-state index in [0.29, 0.717) is 12.9 Å². The van der Waals surface area contributed by atoms with Gasteiger partial charge in [0.25, 0.3) is 5.91 Å². The van der Waals surface area contributed by atoms with E-state index in [1.165, 1.54) is 7.05 Å². The molecule has 13 heavy (non-hydrogen) atoms. The Morgan fingerprint density at radius 1 is 1.69 bits per heavy atom. The van der Waals surface area contributed by atoms with Crippen molar-refractivity contribution >= 4 is 11.8 Å². The van der Waals surface area contributed by atoms with Crippen LogP contribution in [0.4, 0.5) is 0 Å². The summed E-state index contributed by atoms with van der Waals surface area (Å²) in [6, 6.07) is 0. The molecular formula is C7H9N2NaO3. The molecule has 0 aromatic heterocycles. The molecule has 6 heteroatoms. The van der Waals surface area contributed by atoms with Crippen molar-refractivity contribution in [1.29, 1.82) is 0 Å². The Balaban J connectivity index is 0.00000144. The normalized spacial score (nSPS) is 18.6. The van der Waals surface area contributed by atoms with Crippen molar-refractivity contribution in [2.24, 2.45) is 5.10 Å². The van der Waals surface area contributed by atoms with Crippen molar-refractivity contribution in [1.82, 2.24) is 5.01 Å². The van der Waals surface area contributed by atoms with Crippen LogP contribution < -0.4 is 34.7 Å². The summed E-state index contributed by atoms with van der Waals surface area (Å²) in [6.45, 7) is 2.14. The number of ether oxygens (including phenoxy) is 1. The van der Waals surface area contributed by atoms with E-state index in [1.54, 1.807) is 6.92 Å². The number of carbonyl (C=O) groups is 1. The monoisotopic (exact) mass is 192 g/mol. The van der Waals surface area contributed by atoms with E-state index in [2.05, 4.69) is 5.10 Å². The van der Waals surface area contributed by atoms with Gasteiger partial charge in [0.05, 0.1) is 12.2 Å². The molecule has 0 radical (unpaired) electrons. The fourth-order valence-electron chi connectivity index (χ4n) is 0.845. The molecule has 0 unspecified atom stereocenters. The van der Waals surface area contributed by atoms with Gasteiger partial charge in [-0.2, -0.15) is 0 Å². The summed E-state index contributed by atoms with van der Waals surface area (Å²) >= 11 is 0. The van der Waals surface area contributed by atoms with Gasteiger partial charge in [-0.05, 0) is 6.92 Å². The minimum absolute atomic E-state index is 0. The third kappa shape index (κ3) is 2.46. The smallest absolute Gasteiger partial charge is 0.877 e. The van der Waals surface area contributed by atoms with Gasteiger partial charge < -0.3 is 9.84 Å². The topological polar surface area (TPSA) is 65.0 Å². The van der Waals surface area contributed by atoms with Crippen LogP contribution in [0, 0.1) is 0 Å². The standard InChI is InChI=1S/C7H10N2O3.Na/c1-3-12-6-5(4-10)7(11)9(2)8-6;/h4,10H,3H2,1-2H3;/q;+1/p-1/b5-4-;. The zero-order chi connectivity index (χ0) is 9.14. The molecular weight excluding hydrogens is 183 g/mol. The first-order valence-corrected chi connectivity index (χ1v) is 3.52. The Bertz CT molecular complexity index is 262. The minimum atomic E-state index is -0.423. The Morgan fingerprint density at radius 3 is 2.77 bits per heavy atom. The molecule has 0 aromatic carbocycles. The quantitative estimate of drug-likeness (QED) is 0.242. The third-order valence-electron chi connectivity index (χ3n) is 1.39. The van der Waals surface area contributed by atoms with Crippen molar-refractivity contribution in [3.63, 3.8) is 0 Å². The van der Waals surface area contributed by atoms with Gasteiger partial charge in [-0.3, -0.25) is 4.79 Å². The van der Waals surface area contributed by atoms with Crippen molar-refractivity contribution < 1.29 is 44.2 Å². The zero-order valence-corrected chi connectivity index (χ0v) is 9.90. The summed E-state index contributed by atoms with van der Waals surface area (Å²) in [7, 11) is 1.47. The first-order chi connectivity index (χ1) is 5.70. The summed E-state index contributed by atoms with van der Waals surface area (Å²) < 4.78 is 4.97. The van der Waals surface area contributed by atoms with Crippen LogP contribution in [0.3, 0.4) is 0 Å². The number of nitrogens with zero attached hydrogens (tertiary/aromatic N) is 2. The largest absolute Gasteiger partial charge is 1.00 e. The first kappa shape index (κ1) is 12.5. The average molecular weight is 192 g/mol. The van der Waals surface area contributed by atoms with Gasteiger partial charge in [-0.25, -0.2) is 5.01 Å². The molecule has 0 bridgehead atoms. The summed E-state index contributed by atoms with van der Waals surface area (Å²) in [4.78, 5) is 11.1. The van der Waals surface area contributed by atoms with Crippen molar-refractivity contribution in [2.45, 2.75) is 6.92 Å². The molecule has 0 saturated carbocycles. The molecule has 1 aliphatic heterocycles. The molecule has 1 aliphatic rings. The van der Waals surface area contributed by atoms with Crippen LogP contribution in [0.1, 0.15) is 6.92 Å². The maximum Gasteiger partial charge on any atom is 1.00 e. The van der Waals surface area contributed by atoms with Crippen LogP contribution in [-0.2, 0) is 9.53 Å². The Labute approximate surface area is 98.3 Å². The summed E-state index contributed by atoms with van der Waals surface area (Å²) in [5.74, 6) is -0.312. The third-order valence-corrected chi connectivity index (χ3v) is 1.39. The van der Waals surface area contributed by atoms with Crippen LogP contribution in [-0.4, -0.2) is 30.5 Å². The maximum absolute atomic E-state index is 11.1. The van der Waals surface area contributed by atoms with E-state index in [4.69, 9.17) is 4.74 Å². The van der Waals surface area contributed by atoms with Gasteiger partial charge in [0.2, 0.25) is 5.90 Å². The van der Waals surface area contributed by atoms with Gasteiger partial charge in [-0.1, -0.05) is 0 Å². The molecule has 1 heterocycles. The first-order valence-electron chi connectivity index (χ1n) is 3.52. The number of carbonyl (C=O) groups excluding carboxylic acids is 1.